The van der Waals surface area contributed by atoms with Gasteiger partial charge >= 0.3 is 0 Å². The summed E-state index contributed by atoms with van der Waals surface area (Å²) >= 11 is 0. The lowest BCUT2D eigenvalue weighted by molar-refractivity contribution is -0.212. The maximum Gasteiger partial charge on any atom is 0.140 e. The van der Waals surface area contributed by atoms with Gasteiger partial charge in [0.25, 0.3) is 0 Å². The van der Waals surface area contributed by atoms with E-state index in [1.807, 2.05) is 6.07 Å². The first kappa shape index (κ1) is 25.9. The zero-order chi connectivity index (χ0) is 26.1. The molecule has 0 bridgehead atoms. The lowest BCUT2D eigenvalue weighted by Crippen LogP contribution is -2.57. The van der Waals surface area contributed by atoms with Gasteiger partial charge < -0.3 is 24.2 Å². The molecule has 3 heterocycles. The molecule has 2 aliphatic rings. The molecule has 5 atom stereocenters. The third-order valence-electron chi connectivity index (χ3n) is 7.62. The molecule has 2 aromatic heterocycles. The third-order valence-corrected chi connectivity index (χ3v) is 7.62. The number of aliphatic hydroxyl groups excluding tert-OH is 2. The molecule has 11 heteroatoms. The summed E-state index contributed by atoms with van der Waals surface area (Å²) in [5, 5.41) is 33.4. The van der Waals surface area contributed by atoms with E-state index in [1.54, 1.807) is 0 Å². The van der Waals surface area contributed by atoms with Crippen molar-refractivity contribution >= 4 is 0 Å². The number of halogens is 2. The molecule has 1 saturated carbocycles. The average molecular weight is 519 g/mol. The van der Waals surface area contributed by atoms with Crippen molar-refractivity contribution in [3.63, 3.8) is 0 Å². The van der Waals surface area contributed by atoms with Crippen molar-refractivity contribution in [2.24, 2.45) is 0 Å². The summed E-state index contributed by atoms with van der Waals surface area (Å²) in [6.45, 7) is 0.932. The number of hydrogen-bond donors (Lipinski definition) is 2. The maximum atomic E-state index is 14.1. The van der Waals surface area contributed by atoms with E-state index >= 15 is 0 Å². The zero-order valence-electron chi connectivity index (χ0n) is 20.9. The maximum absolute atomic E-state index is 14.1. The summed E-state index contributed by atoms with van der Waals surface area (Å²) < 4.78 is 47.1. The summed E-state index contributed by atoms with van der Waals surface area (Å²) in [6, 6.07) is 3.55. The lowest BCUT2D eigenvalue weighted by Gasteiger charge is -2.43. The van der Waals surface area contributed by atoms with Crippen molar-refractivity contribution in [1.82, 2.24) is 20.2 Å². The average Bonchev–Trinajstić information content (AvgIpc) is 3.58. The highest BCUT2D eigenvalue weighted by atomic mass is 19.1. The third kappa shape index (κ3) is 5.18. The molecule has 2 N–H and O–H groups in total. The van der Waals surface area contributed by atoms with Crippen LogP contribution in [0, 0.1) is 18.6 Å². The van der Waals surface area contributed by atoms with E-state index in [1.165, 1.54) is 56.3 Å². The summed E-state index contributed by atoms with van der Waals surface area (Å²) in [6.07, 6.45) is 4.24. The van der Waals surface area contributed by atoms with Crippen LogP contribution in [0.4, 0.5) is 8.78 Å². The van der Waals surface area contributed by atoms with Crippen LogP contribution < -0.4 is 0 Å². The molecule has 0 unspecified atom stereocenters. The van der Waals surface area contributed by atoms with E-state index in [2.05, 4.69) is 15.5 Å². The Balaban J connectivity index is 1.40. The van der Waals surface area contributed by atoms with E-state index in [9.17, 15) is 19.0 Å². The Hall–Kier alpha value is -2.73. The highest BCUT2D eigenvalue weighted by Crippen LogP contribution is 2.36. The smallest absolute Gasteiger partial charge is 0.140 e. The molecule has 37 heavy (non-hydrogen) atoms. The van der Waals surface area contributed by atoms with Gasteiger partial charge in [0.05, 0.1) is 24.6 Å². The molecule has 1 aromatic carbocycles. The molecule has 1 aliphatic heterocycles. The van der Waals surface area contributed by atoms with Crippen molar-refractivity contribution in [1.29, 1.82) is 0 Å². The van der Waals surface area contributed by atoms with E-state index in [0.717, 1.165) is 18.6 Å². The Morgan fingerprint density at radius 1 is 1.11 bits per heavy atom. The number of ether oxygens (including phenoxy) is 2. The second-order valence-corrected chi connectivity index (χ2v) is 9.99. The molecule has 1 saturated heterocycles. The second-order valence-electron chi connectivity index (χ2n) is 9.99. The SMILES string of the molecule is CO[C@@H]1[C@@H](n2cc(-c3cc(F)c(C)c(F)c3)nn2)[C@@H](O)[C@@H](CO)O[C@@H]1Cc1cc(C2CCCCC2)on1. The van der Waals surface area contributed by atoms with E-state index < -0.39 is 48.7 Å². The highest BCUT2D eigenvalue weighted by Gasteiger charge is 2.47. The van der Waals surface area contributed by atoms with Crippen LogP contribution in [0.2, 0.25) is 0 Å². The molecular formula is C26H32F2N4O5. The quantitative estimate of drug-likeness (QED) is 0.489. The first-order valence-electron chi connectivity index (χ1n) is 12.7. The Morgan fingerprint density at radius 2 is 1.84 bits per heavy atom. The van der Waals surface area contributed by atoms with Gasteiger partial charge in [0.15, 0.2) is 0 Å². The van der Waals surface area contributed by atoms with Crippen LogP contribution in [0.15, 0.2) is 28.9 Å². The Labute approximate surface area is 213 Å². The topological polar surface area (TPSA) is 116 Å². The summed E-state index contributed by atoms with van der Waals surface area (Å²) in [5.74, 6) is -0.143. The number of benzene rings is 1. The lowest BCUT2D eigenvalue weighted by atomic mass is 9.87. The van der Waals surface area contributed by atoms with Crippen molar-refractivity contribution in [3.05, 3.63) is 53.0 Å². The van der Waals surface area contributed by atoms with Crippen LogP contribution in [-0.2, 0) is 15.9 Å². The number of hydrogen-bond acceptors (Lipinski definition) is 8. The van der Waals surface area contributed by atoms with Gasteiger partial charge in [0.2, 0.25) is 0 Å². The first-order chi connectivity index (χ1) is 17.9. The predicted molar refractivity (Wildman–Crippen MR) is 128 cm³/mol. The number of aliphatic hydroxyl groups is 2. The summed E-state index contributed by atoms with van der Waals surface area (Å²) in [7, 11) is 1.50. The second kappa shape index (κ2) is 10.9. The van der Waals surface area contributed by atoms with Gasteiger partial charge in [0.1, 0.15) is 47.4 Å². The number of aromatic nitrogens is 4. The monoisotopic (exact) mass is 518 g/mol. The predicted octanol–water partition coefficient (Wildman–Crippen LogP) is 3.49. The standard InChI is InChI=1S/C26H32F2N4O5/c1-14-18(27)8-16(9-19(14)28)20-12-32(31-29-20)24-25(34)23(13-33)36-22(26(24)35-2)11-17-10-21(37-30-17)15-6-4-3-5-7-15/h8-10,12,15,22-26,33-34H,3-7,11,13H2,1-2H3/t22-,23-,24+,25+,26+/m1/s1. The summed E-state index contributed by atoms with van der Waals surface area (Å²) in [5.41, 5.74) is 1.07. The van der Waals surface area contributed by atoms with Gasteiger partial charge in [-0.15, -0.1) is 5.10 Å². The minimum absolute atomic E-state index is 0.0800. The van der Waals surface area contributed by atoms with Crippen molar-refractivity contribution in [2.75, 3.05) is 13.7 Å². The van der Waals surface area contributed by atoms with Crippen LogP contribution >= 0.6 is 0 Å². The summed E-state index contributed by atoms with van der Waals surface area (Å²) in [4.78, 5) is 0. The van der Waals surface area contributed by atoms with Gasteiger partial charge in [0, 0.05) is 36.6 Å². The van der Waals surface area contributed by atoms with Crippen LogP contribution in [0.25, 0.3) is 11.3 Å². The first-order valence-corrected chi connectivity index (χ1v) is 12.7. The molecule has 0 amide bonds. The van der Waals surface area contributed by atoms with Crippen LogP contribution in [-0.4, -0.2) is 68.5 Å². The fraction of sp³-hybridized carbons (Fsp3) is 0.577. The highest BCUT2D eigenvalue weighted by molar-refractivity contribution is 5.58. The molecule has 3 aromatic rings. The number of nitrogens with zero attached hydrogens (tertiary/aromatic N) is 4. The molecule has 0 radical (unpaired) electrons. The van der Waals surface area contributed by atoms with Gasteiger partial charge in [-0.25, -0.2) is 13.5 Å². The minimum atomic E-state index is -1.18. The molecule has 5 rings (SSSR count). The van der Waals surface area contributed by atoms with Gasteiger partial charge in [-0.2, -0.15) is 0 Å². The molecular weight excluding hydrogens is 486 g/mol. The van der Waals surface area contributed by atoms with Crippen molar-refractivity contribution < 1.29 is 33.0 Å². The molecule has 9 nitrogen and oxygen atoms in total. The molecule has 1 aliphatic carbocycles. The number of rotatable bonds is 7. The van der Waals surface area contributed by atoms with E-state index in [-0.39, 0.29) is 16.8 Å². The van der Waals surface area contributed by atoms with Gasteiger partial charge in [-0.3, -0.25) is 0 Å². The van der Waals surface area contributed by atoms with Crippen molar-refractivity contribution in [2.45, 2.75) is 81.8 Å². The van der Waals surface area contributed by atoms with Crippen LogP contribution in [0.5, 0.6) is 0 Å². The zero-order valence-corrected chi connectivity index (χ0v) is 20.9. The normalized spacial score (nSPS) is 27.0. The minimum Gasteiger partial charge on any atom is -0.394 e. The van der Waals surface area contributed by atoms with Crippen molar-refractivity contribution in [3.8, 4) is 11.3 Å². The fourth-order valence-electron chi connectivity index (χ4n) is 5.49. The fourth-order valence-corrected chi connectivity index (χ4v) is 5.49. The Kier molecular flexibility index (Phi) is 7.66. The van der Waals surface area contributed by atoms with Gasteiger partial charge in [-0.05, 0) is 31.9 Å². The van der Waals surface area contributed by atoms with Crippen LogP contribution in [0.3, 0.4) is 0 Å². The van der Waals surface area contributed by atoms with Crippen LogP contribution in [0.1, 0.15) is 61.1 Å². The van der Waals surface area contributed by atoms with Gasteiger partial charge in [-0.1, -0.05) is 29.6 Å². The largest absolute Gasteiger partial charge is 0.394 e. The van der Waals surface area contributed by atoms with E-state index in [0.29, 0.717) is 18.0 Å². The molecule has 0 spiro atoms. The number of methoxy groups -OCH3 is 1. The Bertz CT molecular complexity index is 1190. The molecule has 2 fully saturated rings. The van der Waals surface area contributed by atoms with E-state index in [4.69, 9.17) is 14.0 Å². The Morgan fingerprint density at radius 3 is 2.51 bits per heavy atom. The molecule has 200 valence electrons.